The van der Waals surface area contributed by atoms with Crippen LogP contribution >= 0.6 is 11.6 Å². The van der Waals surface area contributed by atoms with Crippen molar-refractivity contribution >= 4 is 11.6 Å². The normalized spacial score (nSPS) is 10.7. The van der Waals surface area contributed by atoms with E-state index in [0.717, 1.165) is 16.3 Å². The number of rotatable bonds is 4. The Morgan fingerprint density at radius 1 is 1.06 bits per heavy atom. The maximum absolute atomic E-state index is 5.95. The van der Waals surface area contributed by atoms with Crippen molar-refractivity contribution in [2.75, 3.05) is 0 Å². The third-order valence-corrected chi connectivity index (χ3v) is 3.06. The maximum Gasteiger partial charge on any atom is 0.123 e. The van der Waals surface area contributed by atoms with Crippen LogP contribution in [0.2, 0.25) is 5.02 Å². The molecule has 0 atom stereocenters. The number of hydrogen-bond donors (Lipinski definition) is 0. The Balaban J connectivity index is 2.11. The predicted molar refractivity (Wildman–Crippen MR) is 76.3 cm³/mol. The molecule has 0 bridgehead atoms. The molecule has 0 aliphatic carbocycles. The Hall–Kier alpha value is -1.47. The third kappa shape index (κ3) is 3.27. The fourth-order valence-electron chi connectivity index (χ4n) is 1.88. The molecule has 1 nitrogen and oxygen atoms in total. The van der Waals surface area contributed by atoms with Crippen molar-refractivity contribution in [1.29, 1.82) is 0 Å². The summed E-state index contributed by atoms with van der Waals surface area (Å²) in [5.74, 6) is 1.41. The van der Waals surface area contributed by atoms with Crippen LogP contribution in [0.25, 0.3) is 0 Å². The van der Waals surface area contributed by atoms with Gasteiger partial charge >= 0.3 is 0 Å². The summed E-state index contributed by atoms with van der Waals surface area (Å²) in [5.41, 5.74) is 2.32. The van der Waals surface area contributed by atoms with Crippen molar-refractivity contribution in [3.63, 3.8) is 0 Å². The number of hydrogen-bond acceptors (Lipinski definition) is 1. The van der Waals surface area contributed by atoms with Crippen molar-refractivity contribution in [1.82, 2.24) is 0 Å². The van der Waals surface area contributed by atoms with Crippen LogP contribution in [0.4, 0.5) is 0 Å². The molecule has 0 N–H and O–H groups in total. The lowest BCUT2D eigenvalue weighted by atomic mass is 10.0. The molecule has 2 aromatic carbocycles. The van der Waals surface area contributed by atoms with Crippen molar-refractivity contribution in [2.24, 2.45) is 0 Å². The topological polar surface area (TPSA) is 9.23 Å². The molecular weight excluding hydrogens is 244 g/mol. The molecule has 0 fully saturated rings. The number of para-hydroxylation sites is 1. The van der Waals surface area contributed by atoms with E-state index in [4.69, 9.17) is 16.3 Å². The van der Waals surface area contributed by atoms with E-state index in [0.29, 0.717) is 12.5 Å². The summed E-state index contributed by atoms with van der Waals surface area (Å²) in [6.45, 7) is 4.88. The van der Waals surface area contributed by atoms with E-state index in [1.807, 2.05) is 42.5 Å². The van der Waals surface area contributed by atoms with Gasteiger partial charge in [-0.05, 0) is 35.2 Å². The lowest BCUT2D eigenvalue weighted by Crippen LogP contribution is -1.99. The molecule has 0 aliphatic rings. The van der Waals surface area contributed by atoms with Gasteiger partial charge in [0.05, 0.1) is 0 Å². The highest BCUT2D eigenvalue weighted by molar-refractivity contribution is 6.30. The summed E-state index contributed by atoms with van der Waals surface area (Å²) in [6, 6.07) is 15.9. The molecule has 94 valence electrons. The number of halogens is 1. The van der Waals surface area contributed by atoms with Crippen LogP contribution in [-0.2, 0) is 6.61 Å². The van der Waals surface area contributed by atoms with Crippen LogP contribution < -0.4 is 4.74 Å². The summed E-state index contributed by atoms with van der Waals surface area (Å²) in [6.07, 6.45) is 0. The Bertz CT molecular complexity index is 520. The molecule has 0 spiro atoms. The zero-order valence-electron chi connectivity index (χ0n) is 10.7. The second-order valence-electron chi connectivity index (χ2n) is 4.61. The highest BCUT2D eigenvalue weighted by Crippen LogP contribution is 2.26. The van der Waals surface area contributed by atoms with Gasteiger partial charge in [0, 0.05) is 5.02 Å². The fourth-order valence-corrected chi connectivity index (χ4v) is 2.09. The van der Waals surface area contributed by atoms with Crippen LogP contribution in [0.3, 0.4) is 0 Å². The van der Waals surface area contributed by atoms with Crippen LogP contribution in [0.15, 0.2) is 48.5 Å². The molecule has 0 saturated carbocycles. The van der Waals surface area contributed by atoms with Crippen LogP contribution in [0.5, 0.6) is 5.75 Å². The molecule has 0 saturated heterocycles. The molecule has 0 unspecified atom stereocenters. The van der Waals surface area contributed by atoms with Crippen LogP contribution in [0.1, 0.15) is 30.9 Å². The number of ether oxygens (including phenoxy) is 1. The summed E-state index contributed by atoms with van der Waals surface area (Å²) in [4.78, 5) is 0. The Morgan fingerprint density at radius 3 is 2.56 bits per heavy atom. The Labute approximate surface area is 113 Å². The van der Waals surface area contributed by atoms with Gasteiger partial charge in [0.25, 0.3) is 0 Å². The Kier molecular flexibility index (Phi) is 4.27. The lowest BCUT2D eigenvalue weighted by molar-refractivity contribution is 0.302. The van der Waals surface area contributed by atoms with Crippen LogP contribution in [0, 0.1) is 0 Å². The molecule has 2 rings (SSSR count). The van der Waals surface area contributed by atoms with Gasteiger partial charge in [0.2, 0.25) is 0 Å². The van der Waals surface area contributed by atoms with Crippen LogP contribution in [-0.4, -0.2) is 0 Å². The summed E-state index contributed by atoms with van der Waals surface area (Å²) in [5, 5.41) is 0.744. The maximum atomic E-state index is 5.95. The summed E-state index contributed by atoms with van der Waals surface area (Å²) < 4.78 is 5.88. The SMILES string of the molecule is CC(C)c1ccccc1OCc1cccc(Cl)c1. The van der Waals surface area contributed by atoms with E-state index in [9.17, 15) is 0 Å². The molecule has 18 heavy (non-hydrogen) atoms. The molecule has 0 amide bonds. The average Bonchev–Trinajstić information content (AvgIpc) is 2.37. The first-order valence-corrected chi connectivity index (χ1v) is 6.51. The molecule has 0 heterocycles. The monoisotopic (exact) mass is 260 g/mol. The molecule has 0 aliphatic heterocycles. The second-order valence-corrected chi connectivity index (χ2v) is 5.05. The van der Waals surface area contributed by atoms with Gasteiger partial charge in [-0.1, -0.05) is 55.8 Å². The standard InChI is InChI=1S/C16H17ClO/c1-12(2)15-8-3-4-9-16(15)18-11-13-6-5-7-14(17)10-13/h3-10,12H,11H2,1-2H3. The van der Waals surface area contributed by atoms with E-state index < -0.39 is 0 Å². The molecule has 2 heteroatoms. The highest BCUT2D eigenvalue weighted by atomic mass is 35.5. The van der Waals surface area contributed by atoms with Gasteiger partial charge in [-0.2, -0.15) is 0 Å². The van der Waals surface area contributed by atoms with Gasteiger partial charge in [-0.25, -0.2) is 0 Å². The minimum Gasteiger partial charge on any atom is -0.489 e. The second kappa shape index (κ2) is 5.92. The summed E-state index contributed by atoms with van der Waals surface area (Å²) in [7, 11) is 0. The highest BCUT2D eigenvalue weighted by Gasteiger charge is 2.06. The van der Waals surface area contributed by atoms with E-state index in [-0.39, 0.29) is 0 Å². The molecule has 2 aromatic rings. The molecular formula is C16H17ClO. The van der Waals surface area contributed by atoms with E-state index >= 15 is 0 Å². The smallest absolute Gasteiger partial charge is 0.123 e. The van der Waals surface area contributed by atoms with Gasteiger partial charge in [0.1, 0.15) is 12.4 Å². The van der Waals surface area contributed by atoms with Gasteiger partial charge in [-0.3, -0.25) is 0 Å². The minimum absolute atomic E-state index is 0.459. The first kappa shape index (κ1) is 13.0. The first-order chi connectivity index (χ1) is 8.66. The Morgan fingerprint density at radius 2 is 1.83 bits per heavy atom. The lowest BCUT2D eigenvalue weighted by Gasteiger charge is -2.13. The summed E-state index contributed by atoms with van der Waals surface area (Å²) >= 11 is 5.95. The van der Waals surface area contributed by atoms with Gasteiger partial charge in [-0.15, -0.1) is 0 Å². The van der Waals surface area contributed by atoms with E-state index in [1.165, 1.54) is 5.56 Å². The quantitative estimate of drug-likeness (QED) is 0.748. The van der Waals surface area contributed by atoms with Crippen molar-refractivity contribution in [3.8, 4) is 5.75 Å². The van der Waals surface area contributed by atoms with E-state index in [2.05, 4.69) is 19.9 Å². The number of benzene rings is 2. The van der Waals surface area contributed by atoms with Crippen molar-refractivity contribution in [2.45, 2.75) is 26.4 Å². The molecule has 0 radical (unpaired) electrons. The zero-order valence-corrected chi connectivity index (χ0v) is 11.4. The fraction of sp³-hybridized carbons (Fsp3) is 0.250. The van der Waals surface area contributed by atoms with Gasteiger partial charge in [0.15, 0.2) is 0 Å². The predicted octanol–water partition coefficient (Wildman–Crippen LogP) is 5.04. The zero-order chi connectivity index (χ0) is 13.0. The largest absolute Gasteiger partial charge is 0.489 e. The van der Waals surface area contributed by atoms with Crippen molar-refractivity contribution in [3.05, 3.63) is 64.7 Å². The van der Waals surface area contributed by atoms with Crippen molar-refractivity contribution < 1.29 is 4.74 Å². The minimum atomic E-state index is 0.459. The third-order valence-electron chi connectivity index (χ3n) is 2.82. The first-order valence-electron chi connectivity index (χ1n) is 6.13. The molecule has 0 aromatic heterocycles. The average molecular weight is 261 g/mol. The van der Waals surface area contributed by atoms with E-state index in [1.54, 1.807) is 0 Å². The van der Waals surface area contributed by atoms with Gasteiger partial charge < -0.3 is 4.74 Å².